The van der Waals surface area contributed by atoms with E-state index in [2.05, 4.69) is 10.2 Å². The lowest BCUT2D eigenvalue weighted by Gasteiger charge is -2.44. The standard InChI is InChI=1S/C29H40FN3O4.C2H2O4/c1-21(2)37-27-11-7-22(8-12-27)17-31-28(34)33(18-23-5-9-24(30)10-6-23)25-13-15-32(16-14-25)26-19-35-29(3,4)36-20-26;3-1(4)2(5)6/h5-12,21,25-26H,13-20H2,1-4H3,(H,31,34);(H,3,4)(H,5,6). The molecule has 2 aromatic carbocycles. The van der Waals surface area contributed by atoms with Gasteiger partial charge < -0.3 is 34.6 Å². The Balaban J connectivity index is 0.000000765. The number of hydrogen-bond donors (Lipinski definition) is 3. The molecular weight excluding hydrogens is 561 g/mol. The topological polar surface area (TPSA) is 138 Å². The third-order valence-electron chi connectivity index (χ3n) is 7.15. The van der Waals surface area contributed by atoms with Crippen molar-refractivity contribution < 1.29 is 43.2 Å². The van der Waals surface area contributed by atoms with Gasteiger partial charge in [-0.1, -0.05) is 24.3 Å². The summed E-state index contributed by atoms with van der Waals surface area (Å²) in [7, 11) is 0. The van der Waals surface area contributed by atoms with E-state index >= 15 is 0 Å². The van der Waals surface area contributed by atoms with Crippen LogP contribution in [0.4, 0.5) is 9.18 Å². The molecule has 0 spiro atoms. The number of hydrogen-bond acceptors (Lipinski definition) is 7. The van der Waals surface area contributed by atoms with Gasteiger partial charge in [0.25, 0.3) is 0 Å². The SMILES string of the molecule is CC(C)Oc1ccc(CNC(=O)N(Cc2ccc(F)cc2)C2CCN(C3COC(C)(C)OC3)CC2)cc1.O=C(O)C(=O)O. The fraction of sp³-hybridized carbons (Fsp3) is 0.516. The number of urea groups is 1. The number of carboxylic acid groups (broad SMARTS) is 2. The van der Waals surface area contributed by atoms with E-state index < -0.39 is 17.7 Å². The van der Waals surface area contributed by atoms with Crippen molar-refractivity contribution in [1.82, 2.24) is 15.1 Å². The van der Waals surface area contributed by atoms with Gasteiger partial charge in [-0.3, -0.25) is 4.90 Å². The van der Waals surface area contributed by atoms with Crippen molar-refractivity contribution in [3.8, 4) is 5.75 Å². The van der Waals surface area contributed by atoms with Crippen molar-refractivity contribution in [2.24, 2.45) is 0 Å². The maximum atomic E-state index is 13.5. The van der Waals surface area contributed by atoms with Crippen LogP contribution in [0.2, 0.25) is 0 Å². The van der Waals surface area contributed by atoms with Crippen LogP contribution in [0.15, 0.2) is 48.5 Å². The first-order valence-electron chi connectivity index (χ1n) is 14.4. The Morgan fingerprint density at radius 3 is 2.02 bits per heavy atom. The summed E-state index contributed by atoms with van der Waals surface area (Å²) in [6, 6.07) is 14.4. The largest absolute Gasteiger partial charge is 0.491 e. The molecule has 2 fully saturated rings. The molecule has 0 bridgehead atoms. The van der Waals surface area contributed by atoms with E-state index in [9.17, 15) is 9.18 Å². The van der Waals surface area contributed by atoms with Crippen LogP contribution in [-0.2, 0) is 32.2 Å². The number of benzene rings is 2. The summed E-state index contributed by atoms with van der Waals surface area (Å²) in [5.41, 5.74) is 1.91. The molecule has 0 aliphatic carbocycles. The van der Waals surface area contributed by atoms with Crippen molar-refractivity contribution in [1.29, 1.82) is 0 Å². The van der Waals surface area contributed by atoms with E-state index in [1.807, 2.05) is 56.9 Å². The molecule has 2 amide bonds. The maximum absolute atomic E-state index is 13.5. The Kier molecular flexibility index (Phi) is 12.3. The molecule has 0 atom stereocenters. The molecule has 0 aromatic heterocycles. The van der Waals surface area contributed by atoms with Gasteiger partial charge in [0.2, 0.25) is 0 Å². The first-order valence-corrected chi connectivity index (χ1v) is 14.4. The zero-order valence-corrected chi connectivity index (χ0v) is 25.1. The molecule has 236 valence electrons. The number of ether oxygens (including phenoxy) is 3. The molecule has 2 saturated heterocycles. The fourth-order valence-corrected chi connectivity index (χ4v) is 4.85. The summed E-state index contributed by atoms with van der Waals surface area (Å²) >= 11 is 0. The minimum Gasteiger partial charge on any atom is -0.491 e. The lowest BCUT2D eigenvalue weighted by atomic mass is 10.0. The average Bonchev–Trinajstić information content (AvgIpc) is 2.96. The van der Waals surface area contributed by atoms with Gasteiger partial charge in [0, 0.05) is 32.2 Å². The number of carboxylic acids is 2. The number of carbonyl (C=O) groups excluding carboxylic acids is 1. The van der Waals surface area contributed by atoms with Crippen LogP contribution < -0.4 is 10.1 Å². The van der Waals surface area contributed by atoms with E-state index in [-0.39, 0.29) is 30.0 Å². The molecule has 0 saturated carbocycles. The number of carbonyl (C=O) groups is 3. The monoisotopic (exact) mass is 603 g/mol. The van der Waals surface area contributed by atoms with E-state index in [1.165, 1.54) is 12.1 Å². The smallest absolute Gasteiger partial charge is 0.414 e. The van der Waals surface area contributed by atoms with Gasteiger partial charge in [0.1, 0.15) is 11.6 Å². The minimum absolute atomic E-state index is 0.0880. The highest BCUT2D eigenvalue weighted by molar-refractivity contribution is 6.27. The van der Waals surface area contributed by atoms with Gasteiger partial charge >= 0.3 is 18.0 Å². The third kappa shape index (κ3) is 11.1. The zero-order chi connectivity index (χ0) is 31.6. The number of nitrogens with zero attached hydrogens (tertiary/aromatic N) is 2. The molecule has 2 aliphatic rings. The normalized spacial score (nSPS) is 17.4. The average molecular weight is 604 g/mol. The summed E-state index contributed by atoms with van der Waals surface area (Å²) in [6.45, 7) is 11.8. The van der Waals surface area contributed by atoms with Crippen molar-refractivity contribution in [3.63, 3.8) is 0 Å². The van der Waals surface area contributed by atoms with Crippen LogP contribution >= 0.6 is 0 Å². The van der Waals surface area contributed by atoms with Gasteiger partial charge in [-0.2, -0.15) is 0 Å². The minimum atomic E-state index is -1.82. The first-order chi connectivity index (χ1) is 20.3. The number of piperidine rings is 1. The van der Waals surface area contributed by atoms with Gasteiger partial charge in [0.15, 0.2) is 5.79 Å². The van der Waals surface area contributed by atoms with E-state index in [4.69, 9.17) is 34.0 Å². The fourth-order valence-electron chi connectivity index (χ4n) is 4.85. The van der Waals surface area contributed by atoms with Gasteiger partial charge in [-0.05, 0) is 75.9 Å². The molecule has 0 radical (unpaired) electrons. The van der Waals surface area contributed by atoms with E-state index in [1.54, 1.807) is 12.1 Å². The second-order valence-electron chi connectivity index (χ2n) is 11.3. The second-order valence-corrected chi connectivity index (χ2v) is 11.3. The molecule has 0 unspecified atom stereocenters. The molecule has 2 aromatic rings. The quantitative estimate of drug-likeness (QED) is 0.381. The summed E-state index contributed by atoms with van der Waals surface area (Å²) in [5.74, 6) is -3.64. The predicted molar refractivity (Wildman–Crippen MR) is 156 cm³/mol. The Morgan fingerprint density at radius 1 is 0.977 bits per heavy atom. The van der Waals surface area contributed by atoms with Crippen molar-refractivity contribution in [2.75, 3.05) is 26.3 Å². The molecule has 11 nitrogen and oxygen atoms in total. The molecule has 12 heteroatoms. The molecule has 4 rings (SSSR count). The van der Waals surface area contributed by atoms with Crippen LogP contribution in [0.3, 0.4) is 0 Å². The molecule has 3 N–H and O–H groups in total. The third-order valence-corrected chi connectivity index (χ3v) is 7.15. The van der Waals surface area contributed by atoms with Crippen LogP contribution in [0.25, 0.3) is 0 Å². The molecular formula is C31H42FN3O8. The Bertz CT molecular complexity index is 1180. The van der Waals surface area contributed by atoms with Gasteiger partial charge in [0.05, 0.1) is 25.4 Å². The van der Waals surface area contributed by atoms with Crippen LogP contribution in [-0.4, -0.2) is 88.3 Å². The van der Waals surface area contributed by atoms with Gasteiger partial charge in [-0.25, -0.2) is 18.8 Å². The van der Waals surface area contributed by atoms with E-state index in [0.29, 0.717) is 26.3 Å². The number of halogens is 1. The van der Waals surface area contributed by atoms with Gasteiger partial charge in [-0.15, -0.1) is 0 Å². The maximum Gasteiger partial charge on any atom is 0.414 e. The summed E-state index contributed by atoms with van der Waals surface area (Å²) < 4.78 is 30.9. The number of aliphatic carboxylic acids is 2. The van der Waals surface area contributed by atoms with Crippen molar-refractivity contribution in [2.45, 2.75) is 77.6 Å². The van der Waals surface area contributed by atoms with Crippen molar-refractivity contribution in [3.05, 3.63) is 65.5 Å². The number of amides is 2. The lowest BCUT2D eigenvalue weighted by molar-refractivity contribution is -0.264. The molecule has 2 aliphatic heterocycles. The molecule has 43 heavy (non-hydrogen) atoms. The second kappa shape index (κ2) is 15.6. The highest BCUT2D eigenvalue weighted by atomic mass is 19.1. The van der Waals surface area contributed by atoms with Crippen LogP contribution in [0.5, 0.6) is 5.75 Å². The molecule has 2 heterocycles. The van der Waals surface area contributed by atoms with Crippen molar-refractivity contribution >= 4 is 18.0 Å². The predicted octanol–water partition coefficient (Wildman–Crippen LogP) is 4.10. The van der Waals surface area contributed by atoms with E-state index in [0.717, 1.165) is 42.8 Å². The van der Waals surface area contributed by atoms with Crippen LogP contribution in [0.1, 0.15) is 51.7 Å². The number of rotatable bonds is 8. The summed E-state index contributed by atoms with van der Waals surface area (Å²) in [4.78, 5) is 35.9. The zero-order valence-electron chi connectivity index (χ0n) is 25.1. The lowest BCUT2D eigenvalue weighted by Crippen LogP contribution is -2.55. The summed E-state index contributed by atoms with van der Waals surface area (Å²) in [6.07, 6.45) is 1.83. The highest BCUT2D eigenvalue weighted by Gasteiger charge is 2.35. The van der Waals surface area contributed by atoms with Crippen LogP contribution in [0, 0.1) is 5.82 Å². The Labute approximate surface area is 251 Å². The number of likely N-dealkylation sites (tertiary alicyclic amines) is 1. The Hall–Kier alpha value is -3.74. The Morgan fingerprint density at radius 2 is 1.51 bits per heavy atom. The number of nitrogens with one attached hydrogen (secondary N) is 1. The highest BCUT2D eigenvalue weighted by Crippen LogP contribution is 2.25. The summed E-state index contributed by atoms with van der Waals surface area (Å²) in [5, 5.41) is 17.9. The first kappa shape index (κ1) is 33.8.